The van der Waals surface area contributed by atoms with Crippen molar-refractivity contribution in [2.45, 2.75) is 51.9 Å². The number of esters is 1. The minimum Gasteiger partial charge on any atom is -0.507 e. The molecule has 6 rings (SSSR count). The number of rotatable bonds is 6. The molecule has 0 bridgehead atoms. The van der Waals surface area contributed by atoms with Crippen molar-refractivity contribution in [2.24, 2.45) is 0 Å². The first-order valence-electron chi connectivity index (χ1n) is 13.2. The number of benzene rings is 2. The summed E-state index contributed by atoms with van der Waals surface area (Å²) in [6, 6.07) is 8.69. The molecule has 0 saturated heterocycles. The SMILES string of the molecule is COC(=O)C[C@H](c1c(O)c(C(C)=O)cc([C@@H]2OCc3cnc(C)c(O)c32)c1O)c1cc2cccc3c2n(c1=O)CC3. The fourth-order valence-electron chi connectivity index (χ4n) is 6.12. The number of aromatic nitrogens is 2. The zero-order valence-electron chi connectivity index (χ0n) is 22.7. The lowest BCUT2D eigenvalue weighted by molar-refractivity contribution is -0.140. The Bertz CT molecular complexity index is 1840. The molecule has 2 aliphatic heterocycles. The third-order valence-corrected chi connectivity index (χ3v) is 8.18. The van der Waals surface area contributed by atoms with E-state index in [1.807, 2.05) is 18.2 Å². The van der Waals surface area contributed by atoms with Gasteiger partial charge in [0.1, 0.15) is 23.4 Å². The number of methoxy groups -OCH3 is 1. The number of phenols is 2. The maximum Gasteiger partial charge on any atom is 0.306 e. The van der Waals surface area contributed by atoms with Crippen LogP contribution in [0.1, 0.15) is 74.8 Å². The molecule has 2 aliphatic rings. The number of hydrogen-bond donors (Lipinski definition) is 3. The molecule has 0 unspecified atom stereocenters. The van der Waals surface area contributed by atoms with Crippen molar-refractivity contribution in [1.82, 2.24) is 9.55 Å². The number of aryl methyl sites for hydroxylation is 3. The van der Waals surface area contributed by atoms with Crippen molar-refractivity contribution < 1.29 is 34.4 Å². The van der Waals surface area contributed by atoms with Crippen LogP contribution < -0.4 is 5.56 Å². The molecule has 2 aromatic carbocycles. The van der Waals surface area contributed by atoms with E-state index in [1.165, 1.54) is 20.1 Å². The van der Waals surface area contributed by atoms with Crippen LogP contribution >= 0.6 is 0 Å². The number of hydrogen-bond acceptors (Lipinski definition) is 9. The van der Waals surface area contributed by atoms with Gasteiger partial charge in [-0.15, -0.1) is 0 Å². The van der Waals surface area contributed by atoms with Crippen molar-refractivity contribution in [2.75, 3.05) is 7.11 Å². The third-order valence-electron chi connectivity index (χ3n) is 8.18. The zero-order chi connectivity index (χ0) is 29.2. The van der Waals surface area contributed by atoms with E-state index in [1.54, 1.807) is 23.8 Å². The first-order valence-corrected chi connectivity index (χ1v) is 13.2. The van der Waals surface area contributed by atoms with Crippen LogP contribution in [-0.2, 0) is 33.8 Å². The van der Waals surface area contributed by atoms with Crippen LogP contribution in [0.25, 0.3) is 10.9 Å². The molecule has 2 atom stereocenters. The van der Waals surface area contributed by atoms with Crippen LogP contribution in [0.3, 0.4) is 0 Å². The fourth-order valence-corrected chi connectivity index (χ4v) is 6.12. The fraction of sp³-hybridized carbons (Fsp3) is 0.290. The van der Waals surface area contributed by atoms with Crippen LogP contribution in [0, 0.1) is 6.92 Å². The second kappa shape index (κ2) is 9.74. The van der Waals surface area contributed by atoms with E-state index in [-0.39, 0.29) is 40.2 Å². The number of aromatic hydroxyl groups is 3. The lowest BCUT2D eigenvalue weighted by Gasteiger charge is -2.25. The summed E-state index contributed by atoms with van der Waals surface area (Å²) in [6.45, 7) is 3.43. The van der Waals surface area contributed by atoms with Gasteiger partial charge in [0, 0.05) is 46.5 Å². The number of para-hydroxylation sites is 1. The normalized spacial score (nSPS) is 16.1. The number of fused-ring (bicyclic) bond motifs is 1. The minimum atomic E-state index is -1.17. The zero-order valence-corrected chi connectivity index (χ0v) is 22.7. The van der Waals surface area contributed by atoms with Gasteiger partial charge in [-0.1, -0.05) is 18.2 Å². The van der Waals surface area contributed by atoms with E-state index in [0.29, 0.717) is 29.8 Å². The summed E-state index contributed by atoms with van der Waals surface area (Å²) in [6.07, 6.45) is 0.854. The number of pyridine rings is 2. The number of carbonyl (C=O) groups excluding carboxylic acids is 2. The summed E-state index contributed by atoms with van der Waals surface area (Å²) in [5.41, 5.74) is 2.78. The number of Topliss-reactive ketones (excluding diaryl/α,β-unsaturated/α-hetero) is 1. The van der Waals surface area contributed by atoms with Crippen LogP contribution in [-0.4, -0.2) is 43.7 Å². The summed E-state index contributed by atoms with van der Waals surface area (Å²) in [4.78, 5) is 43.5. The second-order valence-corrected chi connectivity index (χ2v) is 10.5. The molecule has 0 saturated carbocycles. The highest BCUT2D eigenvalue weighted by molar-refractivity contribution is 5.98. The lowest BCUT2D eigenvalue weighted by Crippen LogP contribution is -2.26. The van der Waals surface area contributed by atoms with Gasteiger partial charge in [-0.05, 0) is 43.4 Å². The van der Waals surface area contributed by atoms with Crippen LogP contribution in [0.15, 0.2) is 41.3 Å². The van der Waals surface area contributed by atoms with Gasteiger partial charge in [-0.25, -0.2) is 0 Å². The van der Waals surface area contributed by atoms with Crippen molar-refractivity contribution >= 4 is 22.7 Å². The van der Waals surface area contributed by atoms with Crippen LogP contribution in [0.4, 0.5) is 0 Å². The molecule has 0 fully saturated rings. The molecule has 2 aromatic heterocycles. The van der Waals surface area contributed by atoms with Gasteiger partial charge in [0.05, 0.1) is 36.9 Å². The Morgan fingerprint density at radius 1 is 1.15 bits per heavy atom. The predicted molar refractivity (Wildman–Crippen MR) is 147 cm³/mol. The van der Waals surface area contributed by atoms with Gasteiger partial charge in [-0.2, -0.15) is 0 Å². The average Bonchev–Trinajstić information content (AvgIpc) is 3.58. The highest BCUT2D eigenvalue weighted by Crippen LogP contribution is 2.50. The molecule has 0 amide bonds. The van der Waals surface area contributed by atoms with Gasteiger partial charge in [0.25, 0.3) is 5.56 Å². The number of nitrogens with zero attached hydrogens (tertiary/aromatic N) is 2. The molecule has 4 aromatic rings. The molecule has 4 heterocycles. The van der Waals surface area contributed by atoms with Crippen LogP contribution in [0.2, 0.25) is 0 Å². The third kappa shape index (κ3) is 4.05. The van der Waals surface area contributed by atoms with E-state index in [0.717, 1.165) is 16.5 Å². The Balaban J connectivity index is 1.63. The quantitative estimate of drug-likeness (QED) is 0.238. The monoisotopic (exact) mass is 556 g/mol. The number of phenolic OH excluding ortho intramolecular Hbond substituents is 2. The summed E-state index contributed by atoms with van der Waals surface area (Å²) < 4.78 is 12.5. The Labute approximate surface area is 234 Å². The first-order chi connectivity index (χ1) is 19.6. The van der Waals surface area contributed by atoms with Crippen molar-refractivity contribution in [3.8, 4) is 17.2 Å². The Morgan fingerprint density at radius 2 is 1.93 bits per heavy atom. The summed E-state index contributed by atoms with van der Waals surface area (Å²) >= 11 is 0. The average molecular weight is 557 g/mol. The molecule has 0 radical (unpaired) electrons. The topological polar surface area (TPSA) is 148 Å². The van der Waals surface area contributed by atoms with E-state index in [2.05, 4.69) is 4.98 Å². The van der Waals surface area contributed by atoms with Gasteiger partial charge in [-0.3, -0.25) is 19.4 Å². The molecule has 41 heavy (non-hydrogen) atoms. The molecule has 0 aliphatic carbocycles. The molecular formula is C31H28N2O8. The molecule has 10 nitrogen and oxygen atoms in total. The predicted octanol–water partition coefficient (Wildman–Crippen LogP) is 3.90. The Kier molecular flexibility index (Phi) is 6.30. The second-order valence-electron chi connectivity index (χ2n) is 10.5. The summed E-state index contributed by atoms with van der Waals surface area (Å²) in [5.74, 6) is -3.47. The van der Waals surface area contributed by atoms with Gasteiger partial charge in [0.15, 0.2) is 5.78 Å². The van der Waals surface area contributed by atoms with Crippen LogP contribution in [0.5, 0.6) is 17.2 Å². The molecule has 210 valence electrons. The van der Waals surface area contributed by atoms with Gasteiger partial charge in [0.2, 0.25) is 0 Å². The largest absolute Gasteiger partial charge is 0.507 e. The lowest BCUT2D eigenvalue weighted by atomic mass is 9.83. The maximum absolute atomic E-state index is 13.9. The summed E-state index contributed by atoms with van der Waals surface area (Å²) in [5, 5.41) is 34.8. The summed E-state index contributed by atoms with van der Waals surface area (Å²) in [7, 11) is 1.21. The molecular weight excluding hydrogens is 528 g/mol. The smallest absolute Gasteiger partial charge is 0.306 e. The highest BCUT2D eigenvalue weighted by atomic mass is 16.5. The van der Waals surface area contributed by atoms with Gasteiger partial charge >= 0.3 is 5.97 Å². The van der Waals surface area contributed by atoms with Gasteiger partial charge < -0.3 is 29.4 Å². The van der Waals surface area contributed by atoms with E-state index in [9.17, 15) is 29.7 Å². The molecule has 10 heteroatoms. The number of ketones is 1. The Morgan fingerprint density at radius 3 is 2.66 bits per heavy atom. The standard InChI is InChI=1S/C31H28N2O8/c1-14-27(36)24-18(12-32-14)13-41-30(24)22-10-19(15(2)34)28(37)25(29(22)38)20(11-23(35)40-3)21-9-17-6-4-5-16-7-8-33(26(16)17)31(21)39/h4-6,9-10,12,20,30,36-38H,7-8,11,13H2,1-3H3/t20-,30-/m0/s1. The van der Waals surface area contributed by atoms with Crippen molar-refractivity contribution in [3.63, 3.8) is 0 Å². The molecule has 0 spiro atoms. The maximum atomic E-state index is 13.9. The van der Waals surface area contributed by atoms with E-state index >= 15 is 0 Å². The number of ether oxygens (including phenoxy) is 2. The van der Waals surface area contributed by atoms with E-state index < -0.39 is 41.7 Å². The van der Waals surface area contributed by atoms with E-state index in [4.69, 9.17) is 9.47 Å². The minimum absolute atomic E-state index is 0.0925. The molecule has 3 N–H and O–H groups in total. The highest BCUT2D eigenvalue weighted by Gasteiger charge is 2.37. The van der Waals surface area contributed by atoms with Crippen molar-refractivity contribution in [1.29, 1.82) is 0 Å². The number of carbonyl (C=O) groups is 2. The Hall–Kier alpha value is -4.70. The first kappa shape index (κ1) is 26.5. The van der Waals surface area contributed by atoms with Crippen molar-refractivity contribution in [3.05, 3.63) is 91.5 Å².